The van der Waals surface area contributed by atoms with Crippen molar-refractivity contribution in [3.8, 4) is 17.2 Å². The van der Waals surface area contributed by atoms with Gasteiger partial charge in [-0.25, -0.2) is 4.68 Å². The molecule has 11 heteroatoms. The monoisotopic (exact) mass is 456 g/mol. The number of anilines is 1. The molecule has 1 aromatic carbocycles. The number of methoxy groups -OCH3 is 3. The number of aromatic nitrogens is 2. The predicted octanol–water partition coefficient (Wildman–Crippen LogP) is 4.10. The zero-order chi connectivity index (χ0) is 23.6. The zero-order valence-corrected chi connectivity index (χ0v) is 18.5. The van der Waals surface area contributed by atoms with Gasteiger partial charge in [0, 0.05) is 12.5 Å². The van der Waals surface area contributed by atoms with Crippen molar-refractivity contribution in [1.29, 1.82) is 0 Å². The van der Waals surface area contributed by atoms with Gasteiger partial charge in [0.15, 0.2) is 17.5 Å². The van der Waals surface area contributed by atoms with Crippen LogP contribution in [-0.2, 0) is 0 Å². The number of carbonyl (C=O) groups excluding carboxylic acids is 1. The van der Waals surface area contributed by atoms with Gasteiger partial charge < -0.3 is 24.8 Å². The van der Waals surface area contributed by atoms with Gasteiger partial charge in [0.25, 0.3) is 5.91 Å². The quantitative estimate of drug-likeness (QED) is 0.653. The minimum atomic E-state index is -4.56. The Bertz CT molecular complexity index is 951. The lowest BCUT2D eigenvalue weighted by Gasteiger charge is -2.34. The molecule has 1 aliphatic rings. The van der Waals surface area contributed by atoms with Crippen LogP contribution in [0.3, 0.4) is 0 Å². The third-order valence-corrected chi connectivity index (χ3v) is 5.56. The normalized spacial score (nSPS) is 18.9. The van der Waals surface area contributed by atoms with Crippen molar-refractivity contribution < 1.29 is 32.2 Å². The van der Waals surface area contributed by atoms with Crippen LogP contribution in [0.15, 0.2) is 18.3 Å². The molecule has 0 aliphatic carbocycles. The van der Waals surface area contributed by atoms with E-state index in [0.29, 0.717) is 29.2 Å². The van der Waals surface area contributed by atoms with Gasteiger partial charge in [0.2, 0.25) is 5.75 Å². The summed E-state index contributed by atoms with van der Waals surface area (Å²) in [5, 5.41) is 9.72. The average molecular weight is 456 g/mol. The SMILES string of the molecule is CC[C@H](C)NC(=O)c1cnn2c1N[C@@H](c1cc(OC)c(OC)c(OC)c1)C[C@@H]2C(F)(F)F. The van der Waals surface area contributed by atoms with Crippen molar-refractivity contribution in [2.45, 2.75) is 51.0 Å². The number of alkyl halides is 3. The van der Waals surface area contributed by atoms with E-state index in [4.69, 9.17) is 14.2 Å². The lowest BCUT2D eigenvalue weighted by Crippen LogP contribution is -2.37. The van der Waals surface area contributed by atoms with Crippen LogP contribution in [0.5, 0.6) is 17.2 Å². The number of amides is 1. The first-order chi connectivity index (χ1) is 15.1. The van der Waals surface area contributed by atoms with Gasteiger partial charge in [-0.05, 0) is 31.0 Å². The second-order valence-electron chi connectivity index (χ2n) is 7.58. The summed E-state index contributed by atoms with van der Waals surface area (Å²) in [5.74, 6) is 0.500. The number of benzene rings is 1. The number of nitrogens with zero attached hydrogens (tertiary/aromatic N) is 2. The first-order valence-corrected chi connectivity index (χ1v) is 10.2. The van der Waals surface area contributed by atoms with E-state index in [-0.39, 0.29) is 23.8 Å². The van der Waals surface area contributed by atoms with Crippen molar-refractivity contribution in [1.82, 2.24) is 15.1 Å². The van der Waals surface area contributed by atoms with Crippen molar-refractivity contribution in [3.63, 3.8) is 0 Å². The highest BCUT2D eigenvalue weighted by Gasteiger charge is 2.47. The molecule has 32 heavy (non-hydrogen) atoms. The Hall–Kier alpha value is -3.11. The summed E-state index contributed by atoms with van der Waals surface area (Å²) >= 11 is 0. The number of carbonyl (C=O) groups is 1. The highest BCUT2D eigenvalue weighted by molar-refractivity contribution is 5.99. The van der Waals surface area contributed by atoms with Gasteiger partial charge >= 0.3 is 6.18 Å². The Labute approximate surface area is 184 Å². The number of hydrogen-bond acceptors (Lipinski definition) is 6. The minimum Gasteiger partial charge on any atom is -0.493 e. The van der Waals surface area contributed by atoms with Gasteiger partial charge in [-0.15, -0.1) is 0 Å². The first kappa shape index (κ1) is 23.6. The average Bonchev–Trinajstić information content (AvgIpc) is 3.20. The molecular formula is C21H27F3N4O4. The molecule has 0 bridgehead atoms. The molecule has 1 amide bonds. The fourth-order valence-corrected chi connectivity index (χ4v) is 3.65. The van der Waals surface area contributed by atoms with E-state index >= 15 is 0 Å². The fourth-order valence-electron chi connectivity index (χ4n) is 3.65. The molecular weight excluding hydrogens is 429 g/mol. The zero-order valence-electron chi connectivity index (χ0n) is 18.5. The van der Waals surface area contributed by atoms with Crippen LogP contribution in [0.2, 0.25) is 0 Å². The summed E-state index contributed by atoms with van der Waals surface area (Å²) in [5.41, 5.74) is 0.547. The number of ether oxygens (including phenoxy) is 3. The van der Waals surface area contributed by atoms with Crippen LogP contribution < -0.4 is 24.8 Å². The van der Waals surface area contributed by atoms with E-state index in [1.165, 1.54) is 21.3 Å². The molecule has 3 rings (SSSR count). The maximum atomic E-state index is 13.9. The van der Waals surface area contributed by atoms with E-state index in [1.54, 1.807) is 12.1 Å². The van der Waals surface area contributed by atoms with Crippen molar-refractivity contribution >= 4 is 11.7 Å². The standard InChI is InChI=1S/C21H27F3N4O4/c1-6-11(2)26-20(29)13-10-25-28-17(21(22,23)24)9-14(27-19(13)28)12-7-15(30-3)18(32-5)16(8-12)31-4/h7-8,10-11,14,17,27H,6,9H2,1-5H3,(H,26,29)/t11-,14+,17+/m0/s1. The minimum absolute atomic E-state index is 0.0122. The summed E-state index contributed by atoms with van der Waals surface area (Å²) < 4.78 is 58.6. The van der Waals surface area contributed by atoms with Crippen LogP contribution in [0.4, 0.5) is 19.0 Å². The smallest absolute Gasteiger partial charge is 0.410 e. The molecule has 0 fully saturated rings. The molecule has 1 aliphatic heterocycles. The van der Waals surface area contributed by atoms with E-state index in [1.807, 2.05) is 13.8 Å². The highest BCUT2D eigenvalue weighted by atomic mass is 19.4. The molecule has 176 valence electrons. The molecule has 2 aromatic rings. The van der Waals surface area contributed by atoms with Gasteiger partial charge in [-0.3, -0.25) is 4.79 Å². The van der Waals surface area contributed by atoms with Crippen LogP contribution in [-0.4, -0.2) is 49.2 Å². The summed E-state index contributed by atoms with van der Waals surface area (Å²) in [6.07, 6.45) is -3.05. The molecule has 2 heterocycles. The lowest BCUT2D eigenvalue weighted by molar-refractivity contribution is -0.173. The van der Waals surface area contributed by atoms with Crippen molar-refractivity contribution in [3.05, 3.63) is 29.5 Å². The molecule has 0 saturated carbocycles. The first-order valence-electron chi connectivity index (χ1n) is 10.2. The molecule has 8 nitrogen and oxygen atoms in total. The Morgan fingerprint density at radius 1 is 1.25 bits per heavy atom. The number of rotatable bonds is 7. The molecule has 0 radical (unpaired) electrons. The molecule has 0 saturated heterocycles. The Morgan fingerprint density at radius 3 is 2.38 bits per heavy atom. The number of halogens is 3. The van der Waals surface area contributed by atoms with Gasteiger partial charge in [-0.2, -0.15) is 18.3 Å². The van der Waals surface area contributed by atoms with Crippen LogP contribution >= 0.6 is 0 Å². The molecule has 2 N–H and O–H groups in total. The topological polar surface area (TPSA) is 86.6 Å². The number of hydrogen-bond donors (Lipinski definition) is 2. The van der Waals surface area contributed by atoms with Crippen LogP contribution in [0.25, 0.3) is 0 Å². The van der Waals surface area contributed by atoms with Gasteiger partial charge in [0.1, 0.15) is 11.4 Å². The molecule has 0 unspecified atom stereocenters. The third kappa shape index (κ3) is 4.42. The molecule has 1 aromatic heterocycles. The highest BCUT2D eigenvalue weighted by Crippen LogP contribution is 2.47. The Balaban J connectivity index is 2.06. The summed E-state index contributed by atoms with van der Waals surface area (Å²) in [6, 6.07) is 0.364. The van der Waals surface area contributed by atoms with E-state index in [0.717, 1.165) is 10.9 Å². The third-order valence-electron chi connectivity index (χ3n) is 5.56. The maximum Gasteiger partial charge on any atom is 0.410 e. The Kier molecular flexibility index (Phi) is 6.75. The second-order valence-corrected chi connectivity index (χ2v) is 7.58. The van der Waals surface area contributed by atoms with E-state index in [9.17, 15) is 18.0 Å². The lowest BCUT2D eigenvalue weighted by atomic mass is 9.95. The Morgan fingerprint density at radius 2 is 1.88 bits per heavy atom. The summed E-state index contributed by atoms with van der Waals surface area (Å²) in [4.78, 5) is 12.7. The summed E-state index contributed by atoms with van der Waals surface area (Å²) in [6.45, 7) is 3.72. The largest absolute Gasteiger partial charge is 0.493 e. The van der Waals surface area contributed by atoms with Crippen LogP contribution in [0.1, 0.15) is 54.7 Å². The fraction of sp³-hybridized carbons (Fsp3) is 0.524. The second kappa shape index (κ2) is 9.17. The number of nitrogens with one attached hydrogen (secondary N) is 2. The van der Waals surface area contributed by atoms with Crippen LogP contribution in [0, 0.1) is 0 Å². The predicted molar refractivity (Wildman–Crippen MR) is 112 cm³/mol. The van der Waals surface area contributed by atoms with E-state index in [2.05, 4.69) is 15.7 Å². The molecule has 3 atom stereocenters. The molecule has 0 spiro atoms. The number of fused-ring (bicyclic) bond motifs is 1. The maximum absolute atomic E-state index is 13.9. The van der Waals surface area contributed by atoms with Gasteiger partial charge in [0.05, 0.1) is 33.6 Å². The van der Waals surface area contributed by atoms with Crippen molar-refractivity contribution in [2.24, 2.45) is 0 Å². The van der Waals surface area contributed by atoms with Gasteiger partial charge in [-0.1, -0.05) is 6.92 Å². The summed E-state index contributed by atoms with van der Waals surface area (Å²) in [7, 11) is 4.31. The van der Waals surface area contributed by atoms with E-state index < -0.39 is 24.2 Å². The van der Waals surface area contributed by atoms with Crippen molar-refractivity contribution in [2.75, 3.05) is 26.6 Å².